The van der Waals surface area contributed by atoms with Crippen LogP contribution < -0.4 is 4.90 Å². The van der Waals surface area contributed by atoms with Gasteiger partial charge in [0.15, 0.2) is 0 Å². The minimum atomic E-state index is -0.102. The number of aromatic nitrogens is 1. The molecule has 3 nitrogen and oxygen atoms in total. The molecule has 1 aromatic heterocycles. The quantitative estimate of drug-likeness (QED) is 0.754. The van der Waals surface area contributed by atoms with Gasteiger partial charge in [0, 0.05) is 17.2 Å². The topological polar surface area (TPSA) is 33.2 Å². The third-order valence-electron chi connectivity index (χ3n) is 2.91. The summed E-state index contributed by atoms with van der Waals surface area (Å²) in [4.78, 5) is 19.5. The number of carbonyl (C=O) groups excluding carboxylic acids is 1. The molecule has 2 aromatic rings. The first-order chi connectivity index (χ1) is 9.25. The molecule has 0 unspecified atom stereocenters. The lowest BCUT2D eigenvalue weighted by molar-refractivity contribution is 0.0983. The van der Waals surface area contributed by atoms with E-state index >= 15 is 0 Å². The Hall–Kier alpha value is -1.52. The van der Waals surface area contributed by atoms with Crippen LogP contribution in [0.15, 0.2) is 47.4 Å². The number of halogens is 1. The number of hydrogen-bond acceptors (Lipinski definition) is 3. The largest absolute Gasteiger partial charge is 0.305 e. The Morgan fingerprint density at radius 1 is 1.21 bits per heavy atom. The molecule has 1 aliphatic heterocycles. The zero-order chi connectivity index (χ0) is 13.2. The number of thioether (sulfide) groups is 1. The maximum absolute atomic E-state index is 12.5. The van der Waals surface area contributed by atoms with E-state index in [0.717, 1.165) is 16.3 Å². The number of amides is 1. The van der Waals surface area contributed by atoms with Gasteiger partial charge in [-0.15, -0.1) is 11.8 Å². The van der Waals surface area contributed by atoms with Crippen molar-refractivity contribution in [3.8, 4) is 0 Å². The number of anilines is 1. The third kappa shape index (κ3) is 2.46. The molecule has 2 heterocycles. The molecule has 0 radical (unpaired) electrons. The van der Waals surface area contributed by atoms with Gasteiger partial charge < -0.3 is 4.90 Å². The highest BCUT2D eigenvalue weighted by atomic mass is 35.5. The second kappa shape index (κ2) is 5.23. The van der Waals surface area contributed by atoms with E-state index in [1.165, 1.54) is 0 Å². The number of fused-ring (bicyclic) bond motifs is 1. The van der Waals surface area contributed by atoms with Crippen molar-refractivity contribution in [2.45, 2.75) is 4.90 Å². The van der Waals surface area contributed by atoms with Gasteiger partial charge >= 0.3 is 0 Å². The molecule has 0 atom stereocenters. The molecule has 0 bridgehead atoms. The van der Waals surface area contributed by atoms with E-state index in [0.29, 0.717) is 17.4 Å². The second-order valence-electron chi connectivity index (χ2n) is 4.12. The molecule has 1 aromatic carbocycles. The van der Waals surface area contributed by atoms with Crippen LogP contribution in [0.3, 0.4) is 0 Å². The lowest BCUT2D eigenvalue weighted by Crippen LogP contribution is -2.35. The van der Waals surface area contributed by atoms with E-state index in [-0.39, 0.29) is 5.91 Å². The molecular weight excluding hydrogens is 280 g/mol. The van der Waals surface area contributed by atoms with Gasteiger partial charge in [-0.3, -0.25) is 4.79 Å². The summed E-state index contributed by atoms with van der Waals surface area (Å²) in [5.74, 6) is 0.791. The SMILES string of the molecule is O=C(c1cccc(Cl)n1)N1CCSc2ccccc21. The molecular formula is C14H11ClN2OS. The smallest absolute Gasteiger partial charge is 0.276 e. The van der Waals surface area contributed by atoms with Gasteiger partial charge in [0.25, 0.3) is 5.91 Å². The van der Waals surface area contributed by atoms with Crippen LogP contribution in [0, 0.1) is 0 Å². The monoisotopic (exact) mass is 290 g/mol. The van der Waals surface area contributed by atoms with Crippen LogP contribution in [-0.4, -0.2) is 23.2 Å². The fourth-order valence-corrected chi connectivity index (χ4v) is 3.20. The highest BCUT2D eigenvalue weighted by Gasteiger charge is 2.24. The average molecular weight is 291 g/mol. The first-order valence-electron chi connectivity index (χ1n) is 5.92. The van der Waals surface area contributed by atoms with Crippen LogP contribution in [0.2, 0.25) is 5.15 Å². The highest BCUT2D eigenvalue weighted by Crippen LogP contribution is 2.34. The maximum Gasteiger partial charge on any atom is 0.276 e. The Labute approximate surface area is 120 Å². The van der Waals surface area contributed by atoms with Crippen LogP contribution in [0.25, 0.3) is 0 Å². The highest BCUT2D eigenvalue weighted by molar-refractivity contribution is 7.99. The molecule has 0 fully saturated rings. The molecule has 1 aliphatic rings. The van der Waals surface area contributed by atoms with Gasteiger partial charge in [0.05, 0.1) is 5.69 Å². The number of benzene rings is 1. The van der Waals surface area contributed by atoms with Crippen LogP contribution >= 0.6 is 23.4 Å². The summed E-state index contributed by atoms with van der Waals surface area (Å²) >= 11 is 7.61. The molecule has 0 saturated carbocycles. The molecule has 5 heteroatoms. The van der Waals surface area contributed by atoms with E-state index in [9.17, 15) is 4.79 Å². The summed E-state index contributed by atoms with van der Waals surface area (Å²) in [7, 11) is 0. The van der Waals surface area contributed by atoms with Crippen molar-refractivity contribution in [1.82, 2.24) is 4.98 Å². The maximum atomic E-state index is 12.5. The zero-order valence-electron chi connectivity index (χ0n) is 10.0. The summed E-state index contributed by atoms with van der Waals surface area (Å²) in [6.07, 6.45) is 0. The molecule has 96 valence electrons. The minimum absolute atomic E-state index is 0.102. The van der Waals surface area contributed by atoms with Gasteiger partial charge in [-0.05, 0) is 24.3 Å². The van der Waals surface area contributed by atoms with Crippen LogP contribution in [0.1, 0.15) is 10.5 Å². The summed E-state index contributed by atoms with van der Waals surface area (Å²) in [6, 6.07) is 13.0. The zero-order valence-corrected chi connectivity index (χ0v) is 11.6. The molecule has 0 aliphatic carbocycles. The molecule has 19 heavy (non-hydrogen) atoms. The summed E-state index contributed by atoms with van der Waals surface area (Å²) in [5, 5.41) is 0.338. The Kier molecular flexibility index (Phi) is 3.44. The van der Waals surface area contributed by atoms with Crippen molar-refractivity contribution in [2.75, 3.05) is 17.2 Å². The predicted molar refractivity (Wildman–Crippen MR) is 78.1 cm³/mol. The van der Waals surface area contributed by atoms with Gasteiger partial charge in [-0.2, -0.15) is 0 Å². The van der Waals surface area contributed by atoms with Crippen molar-refractivity contribution >= 4 is 35.0 Å². The van der Waals surface area contributed by atoms with Crippen LogP contribution in [0.5, 0.6) is 0 Å². The number of hydrogen-bond donors (Lipinski definition) is 0. The Morgan fingerprint density at radius 3 is 2.89 bits per heavy atom. The number of para-hydroxylation sites is 1. The fourth-order valence-electron chi connectivity index (χ4n) is 2.05. The van der Waals surface area contributed by atoms with Crippen LogP contribution in [-0.2, 0) is 0 Å². The second-order valence-corrected chi connectivity index (χ2v) is 5.64. The number of pyridine rings is 1. The van der Waals surface area contributed by atoms with E-state index < -0.39 is 0 Å². The molecule has 0 saturated heterocycles. The Morgan fingerprint density at radius 2 is 2.05 bits per heavy atom. The van der Waals surface area contributed by atoms with Gasteiger partial charge in [0.2, 0.25) is 0 Å². The van der Waals surface area contributed by atoms with Crippen molar-refractivity contribution in [2.24, 2.45) is 0 Å². The summed E-state index contributed by atoms with van der Waals surface area (Å²) in [6.45, 7) is 0.689. The first-order valence-corrected chi connectivity index (χ1v) is 7.28. The Bertz CT molecular complexity index is 632. The standard InChI is InChI=1S/C14H11ClN2OS/c15-13-7-3-4-10(16-13)14(18)17-8-9-19-12-6-2-1-5-11(12)17/h1-7H,8-9H2. The van der Waals surface area contributed by atoms with Crippen molar-refractivity contribution in [3.05, 3.63) is 53.3 Å². The number of rotatable bonds is 1. The molecule has 0 N–H and O–H groups in total. The normalized spacial score (nSPS) is 14.1. The lowest BCUT2D eigenvalue weighted by Gasteiger charge is -2.28. The number of nitrogens with zero attached hydrogens (tertiary/aromatic N) is 2. The molecule has 1 amide bonds. The van der Waals surface area contributed by atoms with Gasteiger partial charge in [0.1, 0.15) is 10.8 Å². The van der Waals surface area contributed by atoms with Crippen LogP contribution in [0.4, 0.5) is 5.69 Å². The van der Waals surface area contributed by atoms with E-state index in [2.05, 4.69) is 4.98 Å². The average Bonchev–Trinajstić information content (AvgIpc) is 2.46. The first kappa shape index (κ1) is 12.5. The van der Waals surface area contributed by atoms with Crippen molar-refractivity contribution in [1.29, 1.82) is 0 Å². The predicted octanol–water partition coefficient (Wildman–Crippen LogP) is 3.49. The van der Waals surface area contributed by atoms with E-state index in [1.54, 1.807) is 34.9 Å². The molecule has 3 rings (SSSR count). The number of carbonyl (C=O) groups is 1. The molecule has 0 spiro atoms. The van der Waals surface area contributed by atoms with E-state index in [4.69, 9.17) is 11.6 Å². The summed E-state index contributed by atoms with van der Waals surface area (Å²) < 4.78 is 0. The fraction of sp³-hybridized carbons (Fsp3) is 0.143. The third-order valence-corrected chi connectivity index (χ3v) is 4.16. The summed E-state index contributed by atoms with van der Waals surface area (Å²) in [5.41, 5.74) is 1.33. The van der Waals surface area contributed by atoms with Gasteiger partial charge in [-0.1, -0.05) is 29.8 Å². The lowest BCUT2D eigenvalue weighted by atomic mass is 10.2. The van der Waals surface area contributed by atoms with E-state index in [1.807, 2.05) is 24.3 Å². The Balaban J connectivity index is 1.98. The van der Waals surface area contributed by atoms with Crippen molar-refractivity contribution in [3.63, 3.8) is 0 Å². The van der Waals surface area contributed by atoms with Crippen molar-refractivity contribution < 1.29 is 4.79 Å². The minimum Gasteiger partial charge on any atom is -0.305 e. The van der Waals surface area contributed by atoms with Gasteiger partial charge in [-0.25, -0.2) is 4.98 Å².